The van der Waals surface area contributed by atoms with Crippen molar-refractivity contribution in [1.82, 2.24) is 5.48 Å². The molecule has 0 fully saturated rings. The monoisotopic (exact) mass is 278 g/mol. The molecular weight excluding hydrogens is 270 g/mol. The van der Waals surface area contributed by atoms with E-state index >= 15 is 0 Å². The molecule has 0 amide bonds. The van der Waals surface area contributed by atoms with Gasteiger partial charge in [0.1, 0.15) is 10.6 Å². The predicted octanol–water partition coefficient (Wildman–Crippen LogP) is 0.888. The molecule has 0 saturated carbocycles. The maximum atomic E-state index is 12.2. The van der Waals surface area contributed by atoms with E-state index < -0.39 is 16.6 Å². The second-order valence-corrected chi connectivity index (χ2v) is 4.80. The van der Waals surface area contributed by atoms with Gasteiger partial charge in [0.05, 0.1) is 12.7 Å². The molecule has 18 heavy (non-hydrogen) atoms. The van der Waals surface area contributed by atoms with Crippen molar-refractivity contribution in [2.24, 2.45) is 4.40 Å². The lowest BCUT2D eigenvalue weighted by Crippen LogP contribution is -2.22. The van der Waals surface area contributed by atoms with Gasteiger partial charge < -0.3 is 4.74 Å². The Balaban J connectivity index is 2.58. The number of hydrogen-bond acceptors (Lipinski definition) is 5. The Morgan fingerprint density at radius 2 is 2.11 bits per heavy atom. The zero-order valence-corrected chi connectivity index (χ0v) is 9.87. The van der Waals surface area contributed by atoms with Gasteiger partial charge >= 0.3 is 6.61 Å². The fourth-order valence-electron chi connectivity index (χ4n) is 1.53. The first kappa shape index (κ1) is 12.7. The molecule has 1 aliphatic heterocycles. The van der Waals surface area contributed by atoms with Crippen LogP contribution in [0.1, 0.15) is 5.56 Å². The first-order chi connectivity index (χ1) is 8.45. The number of ether oxygens (including phenoxy) is 1. The molecule has 0 unspecified atom stereocenters. The van der Waals surface area contributed by atoms with Gasteiger partial charge in [0.15, 0.2) is 5.84 Å². The number of benzene rings is 1. The topological polar surface area (TPSA) is 77.0 Å². The molecule has 0 atom stereocenters. The summed E-state index contributed by atoms with van der Waals surface area (Å²) in [5, 5.41) is 0. The van der Waals surface area contributed by atoms with Crippen LogP contribution in [0.15, 0.2) is 27.5 Å². The summed E-state index contributed by atoms with van der Waals surface area (Å²) in [5.74, 6) is -0.476. The van der Waals surface area contributed by atoms with Crippen molar-refractivity contribution in [1.29, 1.82) is 0 Å². The number of hydroxylamine groups is 1. The molecular formula is C9H8F2N2O4S. The van der Waals surface area contributed by atoms with Crippen LogP contribution in [-0.4, -0.2) is 28.0 Å². The van der Waals surface area contributed by atoms with Gasteiger partial charge in [-0.3, -0.25) is 4.84 Å². The summed E-state index contributed by atoms with van der Waals surface area (Å²) in [4.78, 5) is 4.34. The van der Waals surface area contributed by atoms with Crippen LogP contribution in [0.4, 0.5) is 8.78 Å². The fourth-order valence-corrected chi connectivity index (χ4v) is 2.71. The minimum Gasteiger partial charge on any atom is -0.434 e. The second kappa shape index (κ2) is 4.50. The van der Waals surface area contributed by atoms with Gasteiger partial charge in [-0.25, -0.2) is 5.48 Å². The molecule has 0 aromatic heterocycles. The smallest absolute Gasteiger partial charge is 0.387 e. The van der Waals surface area contributed by atoms with Crippen LogP contribution in [0.5, 0.6) is 5.75 Å². The third-order valence-electron chi connectivity index (χ3n) is 2.13. The Hall–Kier alpha value is -1.74. The average molecular weight is 278 g/mol. The van der Waals surface area contributed by atoms with Crippen molar-refractivity contribution in [3.63, 3.8) is 0 Å². The number of hydrogen-bond donors (Lipinski definition) is 1. The Labute approximate surface area is 101 Å². The van der Waals surface area contributed by atoms with Crippen LogP contribution in [0.3, 0.4) is 0 Å². The third-order valence-corrected chi connectivity index (χ3v) is 3.45. The Morgan fingerprint density at radius 1 is 1.39 bits per heavy atom. The number of sulfonamides is 1. The van der Waals surface area contributed by atoms with E-state index in [0.717, 1.165) is 0 Å². The number of rotatable bonds is 3. The van der Waals surface area contributed by atoms with E-state index in [-0.39, 0.29) is 22.0 Å². The minimum atomic E-state index is -3.91. The van der Waals surface area contributed by atoms with Gasteiger partial charge in [0.25, 0.3) is 10.0 Å². The number of amidine groups is 1. The van der Waals surface area contributed by atoms with Crippen molar-refractivity contribution in [2.45, 2.75) is 11.5 Å². The molecule has 6 nitrogen and oxygen atoms in total. The van der Waals surface area contributed by atoms with E-state index in [2.05, 4.69) is 19.5 Å². The van der Waals surface area contributed by atoms with Gasteiger partial charge in [-0.15, -0.1) is 4.40 Å². The predicted molar refractivity (Wildman–Crippen MR) is 56.9 cm³/mol. The van der Waals surface area contributed by atoms with Crippen LogP contribution in [0.2, 0.25) is 0 Å². The summed E-state index contributed by atoms with van der Waals surface area (Å²) < 4.78 is 55.4. The van der Waals surface area contributed by atoms with Crippen molar-refractivity contribution in [3.8, 4) is 5.75 Å². The number of halogens is 2. The highest BCUT2D eigenvalue weighted by Crippen LogP contribution is 2.33. The SMILES string of the molecule is CONC1=NS(=O)(=O)c2cccc(OC(F)F)c21. The molecule has 0 saturated heterocycles. The van der Waals surface area contributed by atoms with E-state index in [1.54, 1.807) is 0 Å². The highest BCUT2D eigenvalue weighted by Gasteiger charge is 2.32. The average Bonchev–Trinajstić information content (AvgIpc) is 2.52. The zero-order chi connectivity index (χ0) is 13.3. The highest BCUT2D eigenvalue weighted by atomic mass is 32.2. The van der Waals surface area contributed by atoms with E-state index in [1.807, 2.05) is 0 Å². The van der Waals surface area contributed by atoms with Crippen molar-refractivity contribution >= 4 is 15.9 Å². The normalized spacial score (nSPS) is 16.3. The molecule has 0 spiro atoms. The van der Waals surface area contributed by atoms with Crippen LogP contribution in [0.25, 0.3) is 0 Å². The summed E-state index contributed by atoms with van der Waals surface area (Å²) in [6.07, 6.45) is 0. The molecule has 98 valence electrons. The maximum Gasteiger partial charge on any atom is 0.387 e. The summed E-state index contributed by atoms with van der Waals surface area (Å²) in [6.45, 7) is -3.07. The van der Waals surface area contributed by atoms with Crippen LogP contribution in [-0.2, 0) is 14.9 Å². The largest absolute Gasteiger partial charge is 0.434 e. The van der Waals surface area contributed by atoms with E-state index in [4.69, 9.17) is 0 Å². The second-order valence-electron chi connectivity index (χ2n) is 3.23. The van der Waals surface area contributed by atoms with Gasteiger partial charge in [-0.05, 0) is 12.1 Å². The Morgan fingerprint density at radius 3 is 2.72 bits per heavy atom. The van der Waals surface area contributed by atoms with E-state index in [0.29, 0.717) is 0 Å². The molecule has 2 rings (SSSR count). The van der Waals surface area contributed by atoms with Crippen molar-refractivity contribution in [3.05, 3.63) is 23.8 Å². The van der Waals surface area contributed by atoms with E-state index in [1.165, 1.54) is 25.3 Å². The van der Waals surface area contributed by atoms with Crippen LogP contribution in [0, 0.1) is 0 Å². The number of fused-ring (bicyclic) bond motifs is 1. The Kier molecular flexibility index (Phi) is 3.18. The summed E-state index contributed by atoms with van der Waals surface area (Å²) in [6, 6.07) is 3.76. The van der Waals surface area contributed by atoms with Crippen molar-refractivity contribution < 1.29 is 26.8 Å². The lowest BCUT2D eigenvalue weighted by molar-refractivity contribution is -0.0501. The molecule has 0 bridgehead atoms. The minimum absolute atomic E-state index is 0.0698. The molecule has 0 aliphatic carbocycles. The van der Waals surface area contributed by atoms with E-state index in [9.17, 15) is 17.2 Å². The number of nitrogens with one attached hydrogen (secondary N) is 1. The Bertz CT molecular complexity index is 601. The van der Waals surface area contributed by atoms with Crippen LogP contribution < -0.4 is 10.2 Å². The van der Waals surface area contributed by atoms with Gasteiger partial charge in [-0.2, -0.15) is 17.2 Å². The molecule has 1 aliphatic rings. The lowest BCUT2D eigenvalue weighted by Gasteiger charge is -2.10. The summed E-state index contributed by atoms with van der Waals surface area (Å²) in [5.41, 5.74) is 2.15. The number of alkyl halides is 2. The fraction of sp³-hybridized carbons (Fsp3) is 0.222. The van der Waals surface area contributed by atoms with Crippen molar-refractivity contribution in [2.75, 3.05) is 7.11 Å². The third kappa shape index (κ3) is 2.14. The molecule has 1 aromatic rings. The standard InChI is InChI=1S/C9H8F2N2O4S/c1-16-12-8-7-5(17-9(10)11)3-2-4-6(7)18(14,15)13-8/h2-4,9H,1H3,(H,12,13). The molecule has 1 aromatic carbocycles. The van der Waals surface area contributed by atoms with Gasteiger partial charge in [0, 0.05) is 0 Å². The quantitative estimate of drug-likeness (QED) is 0.831. The summed E-state index contributed by atoms with van der Waals surface area (Å²) in [7, 11) is -2.67. The summed E-state index contributed by atoms with van der Waals surface area (Å²) >= 11 is 0. The van der Waals surface area contributed by atoms with Crippen LogP contribution >= 0.6 is 0 Å². The first-order valence-corrected chi connectivity index (χ1v) is 6.12. The lowest BCUT2D eigenvalue weighted by atomic mass is 10.2. The first-order valence-electron chi connectivity index (χ1n) is 4.68. The zero-order valence-electron chi connectivity index (χ0n) is 9.05. The molecule has 0 radical (unpaired) electrons. The van der Waals surface area contributed by atoms with Gasteiger partial charge in [0.2, 0.25) is 0 Å². The molecule has 9 heteroatoms. The van der Waals surface area contributed by atoms with Gasteiger partial charge in [-0.1, -0.05) is 6.07 Å². The number of nitrogens with zero attached hydrogens (tertiary/aromatic N) is 1. The molecule has 1 N–H and O–H groups in total. The molecule has 1 heterocycles. The highest BCUT2D eigenvalue weighted by molar-refractivity contribution is 7.90. The maximum absolute atomic E-state index is 12.2.